The van der Waals surface area contributed by atoms with Crippen molar-refractivity contribution in [2.75, 3.05) is 13.1 Å². The van der Waals surface area contributed by atoms with Crippen LogP contribution in [0.5, 0.6) is 0 Å². The zero-order chi connectivity index (χ0) is 16.5. The minimum atomic E-state index is 0.0491. The second-order valence-corrected chi connectivity index (χ2v) is 7.86. The second-order valence-electron chi connectivity index (χ2n) is 6.94. The number of amides is 2. The number of fused-ring (bicyclic) bond motifs is 1. The van der Waals surface area contributed by atoms with Crippen LogP contribution in [0.1, 0.15) is 49.0 Å². The summed E-state index contributed by atoms with van der Waals surface area (Å²) in [6.45, 7) is 1.32. The molecule has 2 amide bonds. The zero-order valence-corrected chi connectivity index (χ0v) is 14.5. The smallest absolute Gasteiger partial charge is 0.270 e. The van der Waals surface area contributed by atoms with Crippen LogP contribution in [0.4, 0.5) is 0 Å². The maximum Gasteiger partial charge on any atom is 0.270 e. The normalized spacial score (nSPS) is 19.9. The Morgan fingerprint density at radius 2 is 1.92 bits per heavy atom. The van der Waals surface area contributed by atoms with Gasteiger partial charge in [-0.3, -0.25) is 9.59 Å². The number of aromatic nitrogens is 1. The molecule has 4 rings (SSSR count). The van der Waals surface area contributed by atoms with Crippen molar-refractivity contribution in [3.8, 4) is 0 Å². The van der Waals surface area contributed by atoms with Gasteiger partial charge in [0.2, 0.25) is 5.91 Å². The highest BCUT2D eigenvalue weighted by molar-refractivity contribution is 7.16. The number of nitrogens with zero attached hydrogens (tertiary/aromatic N) is 1. The van der Waals surface area contributed by atoms with Crippen LogP contribution in [0.2, 0.25) is 0 Å². The molecule has 6 heteroatoms. The monoisotopic (exact) mass is 345 g/mol. The molecule has 1 aliphatic heterocycles. The van der Waals surface area contributed by atoms with Crippen molar-refractivity contribution in [3.63, 3.8) is 0 Å². The number of hydrogen-bond acceptors (Lipinski definition) is 3. The summed E-state index contributed by atoms with van der Waals surface area (Å²) in [4.78, 5) is 31.1. The summed E-state index contributed by atoms with van der Waals surface area (Å²) in [5.41, 5.74) is 0.658. The number of likely N-dealkylation sites (tertiary alicyclic amines) is 1. The Bertz CT molecular complexity index is 708. The van der Waals surface area contributed by atoms with E-state index >= 15 is 0 Å². The van der Waals surface area contributed by atoms with Crippen LogP contribution in [0.15, 0.2) is 17.5 Å². The molecule has 1 saturated heterocycles. The third kappa shape index (κ3) is 3.07. The average Bonchev–Trinajstić information content (AvgIpc) is 3.31. The van der Waals surface area contributed by atoms with Gasteiger partial charge in [0, 0.05) is 30.4 Å². The molecule has 2 aromatic heterocycles. The molecule has 1 aliphatic carbocycles. The molecular weight excluding hydrogens is 322 g/mol. The molecule has 3 heterocycles. The zero-order valence-electron chi connectivity index (χ0n) is 13.7. The fourth-order valence-corrected chi connectivity index (χ4v) is 4.65. The minimum absolute atomic E-state index is 0.0491. The van der Waals surface area contributed by atoms with Crippen LogP contribution < -0.4 is 5.32 Å². The lowest BCUT2D eigenvalue weighted by Gasteiger charge is -2.31. The third-order valence-electron chi connectivity index (χ3n) is 5.33. The SMILES string of the molecule is O=C(NC1CCCC1)C1CCN(C(=O)c2cc3ccsc3[nH]2)CC1. The van der Waals surface area contributed by atoms with E-state index in [9.17, 15) is 9.59 Å². The number of carbonyl (C=O) groups is 2. The molecule has 0 unspecified atom stereocenters. The lowest BCUT2D eigenvalue weighted by atomic mass is 9.95. The van der Waals surface area contributed by atoms with E-state index < -0.39 is 0 Å². The van der Waals surface area contributed by atoms with Crippen molar-refractivity contribution >= 4 is 33.4 Å². The Hall–Kier alpha value is -1.82. The van der Waals surface area contributed by atoms with Gasteiger partial charge in [-0.15, -0.1) is 11.3 Å². The van der Waals surface area contributed by atoms with E-state index in [1.54, 1.807) is 11.3 Å². The summed E-state index contributed by atoms with van der Waals surface area (Å²) in [6, 6.07) is 4.32. The lowest BCUT2D eigenvalue weighted by molar-refractivity contribution is -0.127. The highest BCUT2D eigenvalue weighted by atomic mass is 32.1. The first-order valence-electron chi connectivity index (χ1n) is 8.86. The van der Waals surface area contributed by atoms with Gasteiger partial charge in [-0.2, -0.15) is 0 Å². The Kier molecular flexibility index (Phi) is 4.31. The van der Waals surface area contributed by atoms with E-state index in [0.717, 1.165) is 35.9 Å². The first kappa shape index (κ1) is 15.7. The van der Waals surface area contributed by atoms with Gasteiger partial charge in [0.25, 0.3) is 5.91 Å². The number of piperidine rings is 1. The molecule has 2 fully saturated rings. The predicted octanol–water partition coefficient (Wildman–Crippen LogP) is 3.14. The Morgan fingerprint density at radius 1 is 1.17 bits per heavy atom. The van der Waals surface area contributed by atoms with E-state index in [1.807, 2.05) is 22.4 Å². The standard InChI is InChI=1S/C18H23N3O2S/c22-16(19-14-3-1-2-4-14)12-5-8-21(9-6-12)18(23)15-11-13-7-10-24-17(13)20-15/h7,10-12,14,20H,1-6,8-9H2,(H,19,22). The average molecular weight is 345 g/mol. The Balaban J connectivity index is 1.32. The van der Waals surface area contributed by atoms with E-state index in [4.69, 9.17) is 0 Å². The molecular formula is C18H23N3O2S. The van der Waals surface area contributed by atoms with Gasteiger partial charge < -0.3 is 15.2 Å². The molecule has 0 aromatic carbocycles. The van der Waals surface area contributed by atoms with Crippen molar-refractivity contribution in [2.45, 2.75) is 44.6 Å². The largest absolute Gasteiger partial charge is 0.353 e. The molecule has 2 aromatic rings. The van der Waals surface area contributed by atoms with Gasteiger partial charge >= 0.3 is 0 Å². The Labute approximate surface area is 145 Å². The van der Waals surface area contributed by atoms with Crippen molar-refractivity contribution in [2.24, 2.45) is 5.92 Å². The van der Waals surface area contributed by atoms with Crippen LogP contribution in [0.25, 0.3) is 10.2 Å². The number of H-pyrrole nitrogens is 1. The summed E-state index contributed by atoms with van der Waals surface area (Å²) in [7, 11) is 0. The fraction of sp³-hybridized carbons (Fsp3) is 0.556. The van der Waals surface area contributed by atoms with Gasteiger partial charge in [0.15, 0.2) is 0 Å². The summed E-state index contributed by atoms with van der Waals surface area (Å²) < 4.78 is 0. The molecule has 24 heavy (non-hydrogen) atoms. The van der Waals surface area contributed by atoms with Crippen molar-refractivity contribution < 1.29 is 9.59 Å². The quantitative estimate of drug-likeness (QED) is 0.897. The molecule has 2 aliphatic rings. The van der Waals surface area contributed by atoms with Gasteiger partial charge in [-0.05, 0) is 43.2 Å². The van der Waals surface area contributed by atoms with Crippen LogP contribution in [0, 0.1) is 5.92 Å². The molecule has 0 atom stereocenters. The molecule has 0 bridgehead atoms. The number of carbonyl (C=O) groups excluding carboxylic acids is 2. The summed E-state index contributed by atoms with van der Waals surface area (Å²) in [5, 5.41) is 6.30. The first-order chi connectivity index (χ1) is 11.7. The van der Waals surface area contributed by atoms with Crippen LogP contribution >= 0.6 is 11.3 Å². The Morgan fingerprint density at radius 3 is 2.62 bits per heavy atom. The minimum Gasteiger partial charge on any atom is -0.353 e. The van der Waals surface area contributed by atoms with Crippen LogP contribution in [-0.4, -0.2) is 40.8 Å². The molecule has 5 nitrogen and oxygen atoms in total. The van der Waals surface area contributed by atoms with Crippen molar-refractivity contribution in [3.05, 3.63) is 23.2 Å². The molecule has 0 spiro atoms. The molecule has 0 radical (unpaired) electrons. The van der Waals surface area contributed by atoms with E-state index in [1.165, 1.54) is 12.8 Å². The highest BCUT2D eigenvalue weighted by Gasteiger charge is 2.29. The van der Waals surface area contributed by atoms with E-state index in [0.29, 0.717) is 24.8 Å². The van der Waals surface area contributed by atoms with Crippen molar-refractivity contribution in [1.29, 1.82) is 0 Å². The topological polar surface area (TPSA) is 65.2 Å². The first-order valence-corrected chi connectivity index (χ1v) is 9.74. The molecule has 128 valence electrons. The fourth-order valence-electron chi connectivity index (χ4n) is 3.87. The number of aromatic amines is 1. The summed E-state index contributed by atoms with van der Waals surface area (Å²) >= 11 is 1.61. The summed E-state index contributed by atoms with van der Waals surface area (Å²) in [5.74, 6) is 0.296. The molecule has 1 saturated carbocycles. The van der Waals surface area contributed by atoms with Gasteiger partial charge in [0.1, 0.15) is 10.5 Å². The second kappa shape index (κ2) is 6.59. The van der Waals surface area contributed by atoms with Crippen LogP contribution in [0.3, 0.4) is 0 Å². The number of rotatable bonds is 3. The van der Waals surface area contributed by atoms with Crippen molar-refractivity contribution in [1.82, 2.24) is 15.2 Å². The summed E-state index contributed by atoms with van der Waals surface area (Å²) in [6.07, 6.45) is 6.22. The predicted molar refractivity (Wildman–Crippen MR) is 95.2 cm³/mol. The van der Waals surface area contributed by atoms with Crippen LogP contribution in [-0.2, 0) is 4.79 Å². The number of hydrogen-bond donors (Lipinski definition) is 2. The van der Waals surface area contributed by atoms with Gasteiger partial charge in [-0.25, -0.2) is 0 Å². The van der Waals surface area contributed by atoms with Gasteiger partial charge in [0.05, 0.1) is 0 Å². The third-order valence-corrected chi connectivity index (χ3v) is 6.17. The molecule has 2 N–H and O–H groups in total. The van der Waals surface area contributed by atoms with Gasteiger partial charge in [-0.1, -0.05) is 12.8 Å². The van der Waals surface area contributed by atoms with E-state index in [2.05, 4.69) is 10.3 Å². The lowest BCUT2D eigenvalue weighted by Crippen LogP contribution is -2.45. The number of nitrogens with one attached hydrogen (secondary N) is 2. The highest BCUT2D eigenvalue weighted by Crippen LogP contribution is 2.25. The van der Waals surface area contributed by atoms with E-state index in [-0.39, 0.29) is 17.7 Å². The maximum absolute atomic E-state index is 12.6. The maximum atomic E-state index is 12.6. The number of thiophene rings is 1.